The summed E-state index contributed by atoms with van der Waals surface area (Å²) >= 11 is 0. The SMILES string of the molecule is CC(C)(C)[Si](C)(C)OC(=CCCCCCOc1ccc(-c2ccc(C#N)cc2)cc1)C(=O)O. The van der Waals surface area contributed by atoms with Gasteiger partial charge in [0.1, 0.15) is 5.75 Å². The lowest BCUT2D eigenvalue weighted by Crippen LogP contribution is -2.41. The van der Waals surface area contributed by atoms with Gasteiger partial charge in [-0.1, -0.05) is 45.0 Å². The highest BCUT2D eigenvalue weighted by molar-refractivity contribution is 6.74. The number of benzene rings is 2. The Hall–Kier alpha value is -3.04. The van der Waals surface area contributed by atoms with Crippen LogP contribution in [0.2, 0.25) is 18.1 Å². The number of hydrogen-bond acceptors (Lipinski definition) is 4. The van der Waals surface area contributed by atoms with Crippen molar-refractivity contribution in [1.82, 2.24) is 0 Å². The molecule has 0 aliphatic rings. The Morgan fingerprint density at radius 2 is 1.58 bits per heavy atom. The van der Waals surface area contributed by atoms with Crippen LogP contribution in [0, 0.1) is 11.3 Å². The third-order valence-corrected chi connectivity index (χ3v) is 10.4. The third-order valence-electron chi connectivity index (χ3n) is 6.03. The smallest absolute Gasteiger partial charge is 0.369 e. The molecule has 0 saturated carbocycles. The highest BCUT2D eigenvalue weighted by atomic mass is 28.4. The monoisotopic (exact) mass is 465 g/mol. The van der Waals surface area contributed by atoms with E-state index in [9.17, 15) is 9.90 Å². The Morgan fingerprint density at radius 3 is 2.09 bits per heavy atom. The third kappa shape index (κ3) is 8.10. The number of carbonyl (C=O) groups is 1. The second kappa shape index (κ2) is 11.7. The number of carboxylic acids is 1. The maximum absolute atomic E-state index is 11.6. The Labute approximate surface area is 198 Å². The van der Waals surface area contributed by atoms with Crippen LogP contribution in [0.15, 0.2) is 60.4 Å². The van der Waals surface area contributed by atoms with Gasteiger partial charge in [0.2, 0.25) is 0 Å². The van der Waals surface area contributed by atoms with Crippen LogP contribution in [0.4, 0.5) is 0 Å². The second-order valence-corrected chi connectivity index (χ2v) is 14.4. The number of unbranched alkanes of at least 4 members (excludes halogenated alkanes) is 3. The van der Waals surface area contributed by atoms with Crippen LogP contribution in [0.3, 0.4) is 0 Å². The van der Waals surface area contributed by atoms with Gasteiger partial charge in [-0.2, -0.15) is 5.26 Å². The first-order chi connectivity index (χ1) is 15.5. The molecule has 5 nitrogen and oxygen atoms in total. The van der Waals surface area contributed by atoms with Gasteiger partial charge in [-0.05, 0) is 85.3 Å². The summed E-state index contributed by atoms with van der Waals surface area (Å²) in [5.74, 6) is -0.0870. The Bertz CT molecular complexity index is 981. The van der Waals surface area contributed by atoms with Gasteiger partial charge in [0.25, 0.3) is 8.32 Å². The van der Waals surface area contributed by atoms with Gasteiger partial charge in [0.05, 0.1) is 18.2 Å². The van der Waals surface area contributed by atoms with Crippen LogP contribution in [-0.2, 0) is 9.22 Å². The highest BCUT2D eigenvalue weighted by Gasteiger charge is 2.40. The molecular weight excluding hydrogens is 430 g/mol. The largest absolute Gasteiger partial charge is 0.539 e. The molecule has 176 valence electrons. The molecule has 0 heterocycles. The molecule has 2 aromatic carbocycles. The zero-order chi connectivity index (χ0) is 24.5. The van der Waals surface area contributed by atoms with Crippen molar-refractivity contribution in [3.8, 4) is 22.9 Å². The molecule has 0 fully saturated rings. The number of hydrogen-bond donors (Lipinski definition) is 1. The van der Waals surface area contributed by atoms with Gasteiger partial charge in [0, 0.05) is 0 Å². The van der Waals surface area contributed by atoms with Gasteiger partial charge >= 0.3 is 5.97 Å². The van der Waals surface area contributed by atoms with Gasteiger partial charge in [-0.25, -0.2) is 4.79 Å². The first-order valence-electron chi connectivity index (χ1n) is 11.4. The summed E-state index contributed by atoms with van der Waals surface area (Å²) < 4.78 is 11.8. The van der Waals surface area contributed by atoms with Crippen molar-refractivity contribution in [3.63, 3.8) is 0 Å². The number of nitriles is 1. The summed E-state index contributed by atoms with van der Waals surface area (Å²) in [5, 5.41) is 18.3. The van der Waals surface area contributed by atoms with Crippen molar-refractivity contribution in [2.24, 2.45) is 0 Å². The lowest BCUT2D eigenvalue weighted by atomic mass is 10.0. The zero-order valence-corrected chi connectivity index (χ0v) is 21.4. The average molecular weight is 466 g/mol. The molecule has 0 unspecified atom stereocenters. The maximum Gasteiger partial charge on any atom is 0.369 e. The van der Waals surface area contributed by atoms with Gasteiger partial charge < -0.3 is 14.3 Å². The number of aliphatic carboxylic acids is 1. The molecule has 0 amide bonds. The molecule has 0 radical (unpaired) electrons. The first-order valence-corrected chi connectivity index (χ1v) is 14.3. The fourth-order valence-corrected chi connectivity index (χ4v) is 3.95. The van der Waals surface area contributed by atoms with Crippen molar-refractivity contribution in [2.75, 3.05) is 6.61 Å². The van der Waals surface area contributed by atoms with E-state index in [-0.39, 0.29) is 10.8 Å². The normalized spacial score (nSPS) is 12.2. The quantitative estimate of drug-likeness (QED) is 0.165. The van der Waals surface area contributed by atoms with Crippen molar-refractivity contribution in [3.05, 3.63) is 65.9 Å². The zero-order valence-electron chi connectivity index (χ0n) is 20.4. The van der Waals surface area contributed by atoms with Crippen LogP contribution >= 0.6 is 0 Å². The Kier molecular flexibility index (Phi) is 9.30. The molecular formula is C27H35NO4Si. The predicted molar refractivity (Wildman–Crippen MR) is 135 cm³/mol. The summed E-state index contributed by atoms with van der Waals surface area (Å²) in [6, 6.07) is 17.6. The fourth-order valence-electron chi connectivity index (χ4n) is 2.93. The summed E-state index contributed by atoms with van der Waals surface area (Å²) in [5.41, 5.74) is 2.79. The molecule has 0 aliphatic carbocycles. The van der Waals surface area contributed by atoms with E-state index in [0.717, 1.165) is 36.1 Å². The van der Waals surface area contributed by atoms with Gasteiger partial charge in [-0.15, -0.1) is 0 Å². The van der Waals surface area contributed by atoms with Crippen LogP contribution in [-0.4, -0.2) is 26.0 Å². The molecule has 6 heteroatoms. The predicted octanol–water partition coefficient (Wildman–Crippen LogP) is 7.15. The van der Waals surface area contributed by atoms with Crippen LogP contribution in [0.5, 0.6) is 5.75 Å². The molecule has 0 aliphatic heterocycles. The highest BCUT2D eigenvalue weighted by Crippen LogP contribution is 2.38. The molecule has 0 aromatic heterocycles. The molecule has 0 saturated heterocycles. The van der Waals surface area contributed by atoms with Gasteiger partial charge in [-0.3, -0.25) is 0 Å². The maximum atomic E-state index is 11.6. The molecule has 2 rings (SSSR count). The summed E-state index contributed by atoms with van der Waals surface area (Å²) in [4.78, 5) is 11.6. The Morgan fingerprint density at radius 1 is 1.00 bits per heavy atom. The lowest BCUT2D eigenvalue weighted by Gasteiger charge is -2.36. The van der Waals surface area contributed by atoms with E-state index in [4.69, 9.17) is 14.4 Å². The number of rotatable bonds is 11. The molecule has 0 bridgehead atoms. The number of carboxylic acid groups (broad SMARTS) is 1. The standard InChI is InChI=1S/C27H35NO4Si/c1-27(2,3)33(4,5)32-25(26(29)30)10-8-6-7-9-19-31-24-17-15-23(16-18-24)22-13-11-21(20-28)12-14-22/h10-18H,6-9,19H2,1-5H3,(H,29,30). The number of allylic oxidation sites excluding steroid dienone is 1. The summed E-state index contributed by atoms with van der Waals surface area (Å²) in [6.45, 7) is 11.0. The topological polar surface area (TPSA) is 79.5 Å². The van der Waals surface area contributed by atoms with E-state index >= 15 is 0 Å². The molecule has 1 N–H and O–H groups in total. The molecule has 33 heavy (non-hydrogen) atoms. The molecule has 0 atom stereocenters. The Balaban J connectivity index is 1.74. The molecule has 2 aromatic rings. The minimum atomic E-state index is -2.16. The van der Waals surface area contributed by atoms with E-state index in [1.54, 1.807) is 6.08 Å². The van der Waals surface area contributed by atoms with Crippen molar-refractivity contribution in [1.29, 1.82) is 5.26 Å². The van der Waals surface area contributed by atoms with Crippen molar-refractivity contribution >= 4 is 14.3 Å². The van der Waals surface area contributed by atoms with Crippen LogP contribution < -0.4 is 4.74 Å². The number of ether oxygens (including phenoxy) is 1. The van der Waals surface area contributed by atoms with Crippen molar-refractivity contribution in [2.45, 2.75) is 64.6 Å². The minimum absolute atomic E-state index is 0.0426. The van der Waals surface area contributed by atoms with E-state index < -0.39 is 14.3 Å². The fraction of sp³-hybridized carbons (Fsp3) is 0.407. The summed E-state index contributed by atoms with van der Waals surface area (Å²) in [6.07, 6.45) is 5.13. The van der Waals surface area contributed by atoms with Crippen LogP contribution in [0.25, 0.3) is 11.1 Å². The number of nitrogens with zero attached hydrogens (tertiary/aromatic N) is 1. The lowest BCUT2D eigenvalue weighted by molar-refractivity contribution is -0.135. The summed E-state index contributed by atoms with van der Waals surface area (Å²) in [7, 11) is -2.16. The first kappa shape index (κ1) is 26.2. The van der Waals surface area contributed by atoms with E-state index in [2.05, 4.69) is 39.9 Å². The van der Waals surface area contributed by atoms with E-state index in [0.29, 0.717) is 18.6 Å². The average Bonchev–Trinajstić information content (AvgIpc) is 2.77. The second-order valence-electron chi connectivity index (χ2n) is 9.65. The minimum Gasteiger partial charge on any atom is -0.539 e. The van der Waals surface area contributed by atoms with E-state index in [1.807, 2.05) is 48.5 Å². The van der Waals surface area contributed by atoms with Gasteiger partial charge in [0.15, 0.2) is 5.76 Å². The van der Waals surface area contributed by atoms with Crippen LogP contribution in [0.1, 0.15) is 52.0 Å². The van der Waals surface area contributed by atoms with Crippen molar-refractivity contribution < 1.29 is 19.1 Å². The molecule has 0 spiro atoms. The van der Waals surface area contributed by atoms with E-state index in [1.165, 1.54) is 0 Å².